The van der Waals surface area contributed by atoms with E-state index in [1.807, 2.05) is 6.07 Å². The summed E-state index contributed by atoms with van der Waals surface area (Å²) in [6.45, 7) is 8.51. The van der Waals surface area contributed by atoms with Gasteiger partial charge < -0.3 is 4.90 Å². The molecule has 1 aliphatic rings. The summed E-state index contributed by atoms with van der Waals surface area (Å²) in [5, 5.41) is 5.05. The van der Waals surface area contributed by atoms with Gasteiger partial charge in [-0.15, -0.1) is 0 Å². The number of primary sulfonamides is 1. The van der Waals surface area contributed by atoms with Crippen LogP contribution in [0, 0.1) is 11.3 Å². The summed E-state index contributed by atoms with van der Waals surface area (Å²) in [7, 11) is -3.73. The molecule has 0 bridgehead atoms. The van der Waals surface area contributed by atoms with Crippen LogP contribution in [0.1, 0.15) is 27.2 Å². The molecule has 5 nitrogen and oxygen atoms in total. The fourth-order valence-corrected chi connectivity index (χ4v) is 2.90. The van der Waals surface area contributed by atoms with Crippen LogP contribution in [0.4, 0.5) is 5.82 Å². The minimum Gasteiger partial charge on any atom is -0.356 e. The minimum absolute atomic E-state index is 0.0655. The number of hydrogen-bond acceptors (Lipinski definition) is 4. The predicted octanol–water partition coefficient (Wildman–Crippen LogP) is 1.60. The van der Waals surface area contributed by atoms with Gasteiger partial charge in [0, 0.05) is 13.1 Å². The molecule has 1 saturated heterocycles. The van der Waals surface area contributed by atoms with E-state index in [0.717, 1.165) is 19.5 Å². The molecule has 1 aromatic rings. The first-order valence-corrected chi connectivity index (χ1v) is 7.97. The van der Waals surface area contributed by atoms with E-state index >= 15 is 0 Å². The van der Waals surface area contributed by atoms with Crippen molar-refractivity contribution in [1.82, 2.24) is 4.98 Å². The molecule has 0 radical (unpaired) electrons. The highest BCUT2D eigenvalue weighted by Gasteiger charge is 2.32. The summed E-state index contributed by atoms with van der Waals surface area (Å²) in [6.07, 6.45) is 1.10. The molecule has 0 saturated carbocycles. The van der Waals surface area contributed by atoms with Gasteiger partial charge in [0.05, 0.1) is 0 Å². The van der Waals surface area contributed by atoms with Crippen LogP contribution in [0.3, 0.4) is 0 Å². The zero-order chi connectivity index (χ0) is 14.3. The first-order chi connectivity index (χ1) is 8.68. The maximum atomic E-state index is 11.3. The van der Waals surface area contributed by atoms with Gasteiger partial charge in [-0.25, -0.2) is 18.5 Å². The van der Waals surface area contributed by atoms with Gasteiger partial charge in [-0.05, 0) is 29.9 Å². The molecule has 1 fully saturated rings. The molecular weight excluding hydrogens is 262 g/mol. The Labute approximate surface area is 114 Å². The number of aromatic nitrogens is 1. The standard InChI is InChI=1S/C13H21N3O2S/c1-13(2,3)10-7-8-16(9-10)11-5-4-6-12(15-11)19(14,17)18/h4-6,10H,7-9H2,1-3H3,(H2,14,17,18). The average Bonchev–Trinajstić information content (AvgIpc) is 2.77. The lowest BCUT2D eigenvalue weighted by molar-refractivity contribution is 0.263. The Bertz CT molecular complexity index is 563. The van der Waals surface area contributed by atoms with E-state index < -0.39 is 10.0 Å². The van der Waals surface area contributed by atoms with Crippen molar-refractivity contribution < 1.29 is 8.42 Å². The van der Waals surface area contributed by atoms with Crippen LogP contribution >= 0.6 is 0 Å². The zero-order valence-corrected chi connectivity index (χ0v) is 12.4. The van der Waals surface area contributed by atoms with Gasteiger partial charge in [0.25, 0.3) is 10.0 Å². The van der Waals surface area contributed by atoms with Gasteiger partial charge in [-0.1, -0.05) is 26.8 Å². The molecule has 2 rings (SSSR count). The zero-order valence-electron chi connectivity index (χ0n) is 11.6. The molecular formula is C13H21N3O2S. The number of rotatable bonds is 2. The van der Waals surface area contributed by atoms with Gasteiger partial charge in [-0.2, -0.15) is 0 Å². The third-order valence-corrected chi connectivity index (χ3v) is 4.55. The minimum atomic E-state index is -3.73. The van der Waals surface area contributed by atoms with Crippen LogP contribution in [0.5, 0.6) is 0 Å². The van der Waals surface area contributed by atoms with E-state index in [9.17, 15) is 8.42 Å². The second kappa shape index (κ2) is 4.76. The lowest BCUT2D eigenvalue weighted by Crippen LogP contribution is -2.26. The third kappa shape index (κ3) is 3.25. The second-order valence-corrected chi connectivity index (χ2v) is 7.68. The van der Waals surface area contributed by atoms with Crippen molar-refractivity contribution in [2.45, 2.75) is 32.2 Å². The Morgan fingerprint density at radius 3 is 2.58 bits per heavy atom. The van der Waals surface area contributed by atoms with Crippen molar-refractivity contribution in [3.63, 3.8) is 0 Å². The highest BCUT2D eigenvalue weighted by atomic mass is 32.2. The number of hydrogen-bond donors (Lipinski definition) is 1. The highest BCUT2D eigenvalue weighted by molar-refractivity contribution is 7.89. The molecule has 0 aromatic carbocycles. The van der Waals surface area contributed by atoms with Gasteiger partial charge in [0.15, 0.2) is 5.03 Å². The number of pyridine rings is 1. The summed E-state index contributed by atoms with van der Waals surface area (Å²) < 4.78 is 22.6. The highest BCUT2D eigenvalue weighted by Crippen LogP contribution is 2.35. The van der Waals surface area contributed by atoms with Crippen molar-refractivity contribution >= 4 is 15.8 Å². The lowest BCUT2D eigenvalue weighted by atomic mass is 9.80. The molecule has 0 spiro atoms. The monoisotopic (exact) mass is 283 g/mol. The van der Waals surface area contributed by atoms with Crippen LogP contribution < -0.4 is 10.0 Å². The van der Waals surface area contributed by atoms with E-state index in [0.29, 0.717) is 11.7 Å². The van der Waals surface area contributed by atoms with Crippen LogP contribution in [-0.2, 0) is 10.0 Å². The van der Waals surface area contributed by atoms with Crippen LogP contribution in [0.2, 0.25) is 0 Å². The number of sulfonamides is 1. The SMILES string of the molecule is CC(C)(C)C1CCN(c2cccc(S(N)(=O)=O)n2)C1. The maximum absolute atomic E-state index is 11.3. The van der Waals surface area contributed by atoms with Gasteiger partial charge >= 0.3 is 0 Å². The van der Waals surface area contributed by atoms with E-state index in [1.165, 1.54) is 6.07 Å². The molecule has 1 aliphatic heterocycles. The third-order valence-electron chi connectivity index (χ3n) is 3.74. The van der Waals surface area contributed by atoms with Crippen LogP contribution in [-0.4, -0.2) is 26.5 Å². The van der Waals surface area contributed by atoms with Crippen molar-refractivity contribution in [3.05, 3.63) is 18.2 Å². The molecule has 19 heavy (non-hydrogen) atoms. The summed E-state index contributed by atoms with van der Waals surface area (Å²) in [5.74, 6) is 1.28. The number of anilines is 1. The van der Waals surface area contributed by atoms with E-state index in [4.69, 9.17) is 5.14 Å². The Hall–Kier alpha value is -1.14. The van der Waals surface area contributed by atoms with Crippen LogP contribution in [0.15, 0.2) is 23.2 Å². The van der Waals surface area contributed by atoms with Gasteiger partial charge in [0.2, 0.25) is 0 Å². The van der Waals surface area contributed by atoms with Crippen LogP contribution in [0.25, 0.3) is 0 Å². The largest absolute Gasteiger partial charge is 0.356 e. The fourth-order valence-electron chi connectivity index (χ4n) is 2.41. The van der Waals surface area contributed by atoms with Crippen molar-refractivity contribution in [2.24, 2.45) is 16.5 Å². The van der Waals surface area contributed by atoms with Crippen molar-refractivity contribution in [2.75, 3.05) is 18.0 Å². The molecule has 1 unspecified atom stereocenters. The first-order valence-electron chi connectivity index (χ1n) is 6.43. The smallest absolute Gasteiger partial charge is 0.255 e. The summed E-state index contributed by atoms with van der Waals surface area (Å²) >= 11 is 0. The van der Waals surface area contributed by atoms with E-state index in [2.05, 4.69) is 30.7 Å². The Morgan fingerprint density at radius 2 is 2.05 bits per heavy atom. The van der Waals surface area contributed by atoms with Gasteiger partial charge in [0.1, 0.15) is 5.82 Å². The normalized spacial score (nSPS) is 20.8. The molecule has 106 valence electrons. The average molecular weight is 283 g/mol. The fraction of sp³-hybridized carbons (Fsp3) is 0.615. The molecule has 6 heteroatoms. The molecule has 2 heterocycles. The molecule has 0 aliphatic carbocycles. The number of nitrogens with zero attached hydrogens (tertiary/aromatic N) is 2. The second-order valence-electron chi connectivity index (χ2n) is 6.18. The summed E-state index contributed by atoms with van der Waals surface area (Å²) in [6, 6.07) is 4.95. The Balaban J connectivity index is 2.21. The topological polar surface area (TPSA) is 76.3 Å². The first kappa shape index (κ1) is 14.3. The summed E-state index contributed by atoms with van der Waals surface area (Å²) in [5.41, 5.74) is 0.256. The Kier molecular flexibility index (Phi) is 3.57. The van der Waals surface area contributed by atoms with E-state index in [1.54, 1.807) is 6.07 Å². The maximum Gasteiger partial charge on any atom is 0.255 e. The molecule has 1 atom stereocenters. The summed E-state index contributed by atoms with van der Waals surface area (Å²) in [4.78, 5) is 6.29. The van der Waals surface area contributed by atoms with E-state index in [-0.39, 0.29) is 10.4 Å². The molecule has 1 aromatic heterocycles. The lowest BCUT2D eigenvalue weighted by Gasteiger charge is -2.27. The molecule has 0 amide bonds. The molecule has 2 N–H and O–H groups in total. The Morgan fingerprint density at radius 1 is 1.37 bits per heavy atom. The quantitative estimate of drug-likeness (QED) is 0.894. The van der Waals surface area contributed by atoms with Crippen molar-refractivity contribution in [3.8, 4) is 0 Å². The predicted molar refractivity (Wildman–Crippen MR) is 75.4 cm³/mol. The number of nitrogens with two attached hydrogens (primary N) is 1. The van der Waals surface area contributed by atoms with Gasteiger partial charge in [-0.3, -0.25) is 0 Å². The van der Waals surface area contributed by atoms with Crippen molar-refractivity contribution in [1.29, 1.82) is 0 Å².